The molecule has 0 saturated carbocycles. The van der Waals surface area contributed by atoms with E-state index in [1.54, 1.807) is 6.07 Å². The van der Waals surface area contributed by atoms with E-state index < -0.39 is 6.29 Å². The largest absolute Gasteiger partial charge is 0.586 e. The van der Waals surface area contributed by atoms with Crippen molar-refractivity contribution in [3.8, 4) is 11.5 Å². The quantitative estimate of drug-likeness (QED) is 0.803. The predicted molar refractivity (Wildman–Crippen MR) is 48.2 cm³/mol. The van der Waals surface area contributed by atoms with E-state index >= 15 is 0 Å². The van der Waals surface area contributed by atoms with E-state index in [1.165, 1.54) is 12.1 Å². The monoisotopic (exact) mass is 217 g/mol. The zero-order valence-corrected chi connectivity index (χ0v) is 7.67. The first-order chi connectivity index (χ1) is 7.11. The average molecular weight is 217 g/mol. The minimum Gasteiger partial charge on any atom is -0.395 e. The summed E-state index contributed by atoms with van der Waals surface area (Å²) >= 11 is 0. The van der Waals surface area contributed by atoms with Gasteiger partial charge < -0.3 is 19.9 Å². The van der Waals surface area contributed by atoms with Gasteiger partial charge in [-0.25, -0.2) is 0 Å². The van der Waals surface area contributed by atoms with Crippen LogP contribution in [0.2, 0.25) is 0 Å². The lowest BCUT2D eigenvalue weighted by molar-refractivity contribution is -0.286. The third-order valence-electron chi connectivity index (χ3n) is 1.84. The molecular weight excluding hydrogens is 208 g/mol. The molecule has 4 nitrogen and oxygen atoms in total. The molecule has 0 fully saturated rings. The van der Waals surface area contributed by atoms with Crippen molar-refractivity contribution in [1.82, 2.24) is 0 Å². The summed E-state index contributed by atoms with van der Waals surface area (Å²) in [4.78, 5) is 0. The first-order valence-electron chi connectivity index (χ1n) is 4.35. The highest BCUT2D eigenvalue weighted by Crippen LogP contribution is 2.42. The number of benzene rings is 1. The molecule has 0 bridgehead atoms. The van der Waals surface area contributed by atoms with Gasteiger partial charge >= 0.3 is 6.29 Å². The lowest BCUT2D eigenvalue weighted by atomic mass is 10.3. The van der Waals surface area contributed by atoms with Crippen molar-refractivity contribution in [3.63, 3.8) is 0 Å². The van der Waals surface area contributed by atoms with Crippen LogP contribution in [-0.2, 0) is 0 Å². The van der Waals surface area contributed by atoms with E-state index in [2.05, 4.69) is 14.8 Å². The number of fused-ring (bicyclic) bond motifs is 1. The summed E-state index contributed by atoms with van der Waals surface area (Å²) in [6.07, 6.45) is -3.59. The van der Waals surface area contributed by atoms with Crippen molar-refractivity contribution in [2.45, 2.75) is 6.29 Å². The van der Waals surface area contributed by atoms with E-state index in [1.807, 2.05) is 0 Å². The van der Waals surface area contributed by atoms with Crippen LogP contribution >= 0.6 is 0 Å². The van der Waals surface area contributed by atoms with Gasteiger partial charge in [-0.05, 0) is 12.1 Å². The highest BCUT2D eigenvalue weighted by Gasteiger charge is 2.43. The number of nitrogens with one attached hydrogen (secondary N) is 1. The summed E-state index contributed by atoms with van der Waals surface area (Å²) in [5, 5.41) is 11.4. The number of ether oxygens (including phenoxy) is 2. The smallest absolute Gasteiger partial charge is 0.395 e. The minimum atomic E-state index is -3.59. The fourth-order valence-corrected chi connectivity index (χ4v) is 1.26. The second-order valence-corrected chi connectivity index (χ2v) is 2.98. The molecule has 1 heterocycles. The maximum atomic E-state index is 12.6. The van der Waals surface area contributed by atoms with E-state index in [0.29, 0.717) is 12.2 Å². The van der Waals surface area contributed by atoms with E-state index in [-0.39, 0.29) is 18.1 Å². The topological polar surface area (TPSA) is 50.7 Å². The summed E-state index contributed by atoms with van der Waals surface area (Å²) in [7, 11) is 0. The molecule has 0 unspecified atom stereocenters. The van der Waals surface area contributed by atoms with Gasteiger partial charge in [0.05, 0.1) is 6.61 Å². The summed E-state index contributed by atoms with van der Waals surface area (Å²) in [6.45, 7) is 0.306. The molecule has 0 saturated heterocycles. The number of aliphatic hydroxyl groups excluding tert-OH is 1. The number of rotatable bonds is 3. The van der Waals surface area contributed by atoms with Crippen molar-refractivity contribution >= 4 is 5.69 Å². The lowest BCUT2D eigenvalue weighted by Gasteiger charge is -2.05. The highest BCUT2D eigenvalue weighted by molar-refractivity contribution is 5.55. The minimum absolute atomic E-state index is 0.00884. The number of hydrogen-bond acceptors (Lipinski definition) is 4. The van der Waals surface area contributed by atoms with E-state index in [9.17, 15) is 8.78 Å². The van der Waals surface area contributed by atoms with Crippen LogP contribution in [-0.4, -0.2) is 24.6 Å². The van der Waals surface area contributed by atoms with Gasteiger partial charge in [0.2, 0.25) is 0 Å². The number of anilines is 1. The molecule has 1 aliphatic rings. The lowest BCUT2D eigenvalue weighted by Crippen LogP contribution is -2.25. The Bertz CT molecular complexity index is 370. The average Bonchev–Trinajstić information content (AvgIpc) is 2.47. The Balaban J connectivity index is 2.15. The SMILES string of the molecule is OCCNc1ccc2c(c1)OC(F)(F)O2. The first-order valence-corrected chi connectivity index (χ1v) is 4.35. The van der Waals surface area contributed by atoms with Crippen molar-refractivity contribution in [3.05, 3.63) is 18.2 Å². The summed E-state index contributed by atoms with van der Waals surface area (Å²) in [5.74, 6) is -0.00233. The van der Waals surface area contributed by atoms with Crippen molar-refractivity contribution in [1.29, 1.82) is 0 Å². The maximum Gasteiger partial charge on any atom is 0.586 e. The van der Waals surface area contributed by atoms with Gasteiger partial charge in [0.15, 0.2) is 11.5 Å². The van der Waals surface area contributed by atoms with Crippen LogP contribution in [0.25, 0.3) is 0 Å². The molecule has 0 radical (unpaired) electrons. The molecule has 0 aromatic heterocycles. The Morgan fingerprint density at radius 3 is 2.73 bits per heavy atom. The van der Waals surface area contributed by atoms with Gasteiger partial charge in [-0.15, -0.1) is 8.78 Å². The third kappa shape index (κ3) is 2.10. The van der Waals surface area contributed by atoms with E-state index in [0.717, 1.165) is 0 Å². The van der Waals surface area contributed by atoms with Crippen LogP contribution in [0, 0.1) is 0 Å². The Labute approximate surface area is 84.4 Å². The molecule has 0 amide bonds. The van der Waals surface area contributed by atoms with Crippen LogP contribution in [0.1, 0.15) is 0 Å². The van der Waals surface area contributed by atoms with Gasteiger partial charge in [0.1, 0.15) is 0 Å². The molecule has 2 N–H and O–H groups in total. The maximum absolute atomic E-state index is 12.6. The molecule has 1 aromatic rings. The number of alkyl halides is 2. The second kappa shape index (κ2) is 3.54. The fraction of sp³-hybridized carbons (Fsp3) is 0.333. The molecule has 0 atom stereocenters. The molecule has 15 heavy (non-hydrogen) atoms. The van der Waals surface area contributed by atoms with Crippen LogP contribution in [0.4, 0.5) is 14.5 Å². The molecule has 82 valence electrons. The summed E-state index contributed by atoms with van der Waals surface area (Å²) in [6, 6.07) is 4.35. The highest BCUT2D eigenvalue weighted by atomic mass is 19.3. The summed E-state index contributed by atoms with van der Waals surface area (Å²) in [5.41, 5.74) is 0.587. The summed E-state index contributed by atoms with van der Waals surface area (Å²) < 4.78 is 33.7. The van der Waals surface area contributed by atoms with Crippen LogP contribution in [0.5, 0.6) is 11.5 Å². The first kappa shape index (κ1) is 9.97. The van der Waals surface area contributed by atoms with Gasteiger partial charge in [-0.1, -0.05) is 0 Å². The molecule has 0 aliphatic carbocycles. The number of aliphatic hydroxyl groups is 1. The molecule has 6 heteroatoms. The second-order valence-electron chi connectivity index (χ2n) is 2.98. The predicted octanol–water partition coefficient (Wildman–Crippen LogP) is 1.41. The zero-order chi connectivity index (χ0) is 10.9. The Hall–Kier alpha value is -1.56. The van der Waals surface area contributed by atoms with Gasteiger partial charge in [0.25, 0.3) is 0 Å². The number of hydrogen-bond donors (Lipinski definition) is 2. The molecule has 2 rings (SSSR count). The standard InChI is InChI=1S/C9H9F2NO3/c10-9(11)14-7-2-1-6(12-3-4-13)5-8(7)15-9/h1-2,5,12-13H,3-4H2. The van der Waals surface area contributed by atoms with Crippen LogP contribution in [0.3, 0.4) is 0 Å². The fourth-order valence-electron chi connectivity index (χ4n) is 1.26. The van der Waals surface area contributed by atoms with Crippen LogP contribution in [0.15, 0.2) is 18.2 Å². The van der Waals surface area contributed by atoms with Crippen molar-refractivity contribution in [2.24, 2.45) is 0 Å². The van der Waals surface area contributed by atoms with Crippen molar-refractivity contribution in [2.75, 3.05) is 18.5 Å². The zero-order valence-electron chi connectivity index (χ0n) is 7.67. The van der Waals surface area contributed by atoms with E-state index in [4.69, 9.17) is 5.11 Å². The van der Waals surface area contributed by atoms with Gasteiger partial charge in [-0.3, -0.25) is 0 Å². The molecular formula is C9H9F2NO3. The van der Waals surface area contributed by atoms with Gasteiger partial charge in [-0.2, -0.15) is 0 Å². The Kier molecular flexibility index (Phi) is 2.36. The number of halogens is 2. The van der Waals surface area contributed by atoms with Gasteiger partial charge in [0, 0.05) is 18.3 Å². The molecule has 1 aliphatic heterocycles. The Morgan fingerprint density at radius 2 is 2.00 bits per heavy atom. The molecule has 1 aromatic carbocycles. The van der Waals surface area contributed by atoms with Crippen LogP contribution < -0.4 is 14.8 Å². The molecule has 0 spiro atoms. The third-order valence-corrected chi connectivity index (χ3v) is 1.84. The van der Waals surface area contributed by atoms with Crippen molar-refractivity contribution < 1.29 is 23.4 Å². The normalized spacial score (nSPS) is 16.5. The Morgan fingerprint density at radius 1 is 1.27 bits per heavy atom.